The maximum Gasteiger partial charge on any atom is 0.165 e. The first-order chi connectivity index (χ1) is 15.2. The average Bonchev–Trinajstić information content (AvgIpc) is 2.83. The van der Waals surface area contributed by atoms with Gasteiger partial charge in [0.15, 0.2) is 9.84 Å². The van der Waals surface area contributed by atoms with Crippen molar-refractivity contribution in [3.63, 3.8) is 0 Å². The third-order valence-corrected chi connectivity index (χ3v) is 10.1. The largest absolute Gasteiger partial charge is 0.297 e. The van der Waals surface area contributed by atoms with Crippen molar-refractivity contribution in [2.45, 2.75) is 61.1 Å². The third kappa shape index (κ3) is 3.96. The summed E-state index contributed by atoms with van der Waals surface area (Å²) in [5.74, 6) is 0. The normalized spacial score (nSPS) is 30.4. The topological polar surface area (TPSA) is 40.6 Å². The zero-order chi connectivity index (χ0) is 21.3. The van der Waals surface area contributed by atoms with Gasteiger partial charge in [-0.25, -0.2) is 8.42 Å². The van der Waals surface area contributed by atoms with E-state index in [1.807, 2.05) is 36.4 Å². The van der Waals surface area contributed by atoms with Gasteiger partial charge in [-0.3, -0.25) is 9.80 Å². The van der Waals surface area contributed by atoms with Crippen LogP contribution in [0.1, 0.15) is 60.9 Å². The average molecular weight is 439 g/mol. The van der Waals surface area contributed by atoms with Gasteiger partial charge in [-0.05, 0) is 63.0 Å². The summed E-state index contributed by atoms with van der Waals surface area (Å²) in [6, 6.07) is 20.4. The summed E-state index contributed by atoms with van der Waals surface area (Å²) in [5, 5.41) is -0.774. The summed E-state index contributed by atoms with van der Waals surface area (Å²) < 4.78 is 28.0. The first kappa shape index (κ1) is 21.2. The maximum atomic E-state index is 14.0. The second-order valence-electron chi connectivity index (χ2n) is 9.42. The van der Waals surface area contributed by atoms with Crippen LogP contribution in [-0.2, 0) is 9.84 Å². The molecule has 5 rings (SSSR count). The highest BCUT2D eigenvalue weighted by Gasteiger charge is 2.62. The van der Waals surface area contributed by atoms with Crippen molar-refractivity contribution >= 4 is 9.84 Å². The monoisotopic (exact) mass is 438 g/mol. The maximum absolute atomic E-state index is 14.0. The molecule has 0 aliphatic carbocycles. The Hall–Kier alpha value is -1.69. The van der Waals surface area contributed by atoms with E-state index >= 15 is 0 Å². The molecule has 2 aromatic carbocycles. The highest BCUT2D eigenvalue weighted by Crippen LogP contribution is 2.52. The van der Waals surface area contributed by atoms with Crippen LogP contribution in [0.2, 0.25) is 0 Å². The molecule has 166 valence electrons. The van der Waals surface area contributed by atoms with E-state index < -0.39 is 15.1 Å². The molecule has 5 heteroatoms. The van der Waals surface area contributed by atoms with Crippen LogP contribution < -0.4 is 0 Å². The van der Waals surface area contributed by atoms with Crippen LogP contribution in [0.25, 0.3) is 0 Å². The highest BCUT2D eigenvalue weighted by molar-refractivity contribution is 7.94. The lowest BCUT2D eigenvalue weighted by atomic mass is 9.88. The van der Waals surface area contributed by atoms with Crippen molar-refractivity contribution in [2.24, 2.45) is 0 Å². The summed E-state index contributed by atoms with van der Waals surface area (Å²) in [6.07, 6.45) is 7.16. The molecule has 3 fully saturated rings. The number of rotatable bonds is 5. The van der Waals surface area contributed by atoms with Gasteiger partial charge in [0.2, 0.25) is 0 Å². The summed E-state index contributed by atoms with van der Waals surface area (Å²) in [5.41, 5.74) is 2.12. The standard InChI is InChI=1S/C26H34N2O2S/c29-31(30)25(22-15-7-2-8-16-22)24(28-19-11-4-12-20-28)26(31)23(21-13-5-1-6-14-21)27-17-9-3-10-18-27/h1-2,5-8,13-16,23-26H,3-4,9-12,17-20H2/t23-,24-,25-,26+/m1/s1. The van der Waals surface area contributed by atoms with E-state index in [0.29, 0.717) is 0 Å². The number of sulfone groups is 1. The second kappa shape index (κ2) is 9.05. The lowest BCUT2D eigenvalue weighted by Gasteiger charge is -2.55. The second-order valence-corrected chi connectivity index (χ2v) is 11.7. The van der Waals surface area contributed by atoms with Crippen LogP contribution in [0.15, 0.2) is 60.7 Å². The molecule has 2 aromatic rings. The lowest BCUT2D eigenvalue weighted by molar-refractivity contribution is 0.0804. The lowest BCUT2D eigenvalue weighted by Crippen LogP contribution is -2.66. The molecule has 0 bridgehead atoms. The predicted molar refractivity (Wildman–Crippen MR) is 126 cm³/mol. The van der Waals surface area contributed by atoms with E-state index in [-0.39, 0.29) is 17.3 Å². The number of hydrogen-bond acceptors (Lipinski definition) is 4. The Balaban J connectivity index is 1.58. The van der Waals surface area contributed by atoms with E-state index in [1.165, 1.54) is 25.7 Å². The number of nitrogens with zero attached hydrogens (tertiary/aromatic N) is 2. The Kier molecular flexibility index (Phi) is 6.18. The molecule has 0 spiro atoms. The van der Waals surface area contributed by atoms with Gasteiger partial charge < -0.3 is 0 Å². The molecule has 3 heterocycles. The van der Waals surface area contributed by atoms with E-state index in [9.17, 15) is 8.42 Å². The number of piperidine rings is 2. The first-order valence-electron chi connectivity index (χ1n) is 12.0. The van der Waals surface area contributed by atoms with Crippen LogP contribution in [-0.4, -0.2) is 55.7 Å². The van der Waals surface area contributed by atoms with E-state index in [4.69, 9.17) is 0 Å². The van der Waals surface area contributed by atoms with Crippen molar-refractivity contribution in [1.82, 2.24) is 9.80 Å². The van der Waals surface area contributed by atoms with Crippen molar-refractivity contribution in [3.8, 4) is 0 Å². The van der Waals surface area contributed by atoms with Gasteiger partial charge in [-0.1, -0.05) is 73.5 Å². The van der Waals surface area contributed by atoms with E-state index in [2.05, 4.69) is 34.1 Å². The minimum absolute atomic E-state index is 0.0554. The fraction of sp³-hybridized carbons (Fsp3) is 0.538. The molecular formula is C26H34N2O2S. The minimum Gasteiger partial charge on any atom is -0.297 e. The van der Waals surface area contributed by atoms with Crippen LogP contribution in [0.4, 0.5) is 0 Å². The van der Waals surface area contributed by atoms with Crippen molar-refractivity contribution < 1.29 is 8.42 Å². The Bertz CT molecular complexity index is 951. The van der Waals surface area contributed by atoms with Crippen molar-refractivity contribution in [3.05, 3.63) is 71.8 Å². The smallest absolute Gasteiger partial charge is 0.165 e. The van der Waals surface area contributed by atoms with Crippen LogP contribution in [0.3, 0.4) is 0 Å². The molecule has 0 saturated carbocycles. The Morgan fingerprint density at radius 1 is 0.710 bits per heavy atom. The third-order valence-electron chi connectivity index (χ3n) is 7.56. The highest BCUT2D eigenvalue weighted by atomic mass is 32.2. The quantitative estimate of drug-likeness (QED) is 0.684. The molecule has 3 aliphatic rings. The van der Waals surface area contributed by atoms with Gasteiger partial charge in [-0.15, -0.1) is 0 Å². The number of likely N-dealkylation sites (tertiary alicyclic amines) is 2. The molecule has 0 unspecified atom stereocenters. The molecule has 31 heavy (non-hydrogen) atoms. The van der Waals surface area contributed by atoms with E-state index in [1.54, 1.807) is 0 Å². The molecular weight excluding hydrogens is 404 g/mol. The molecule has 0 N–H and O–H groups in total. The van der Waals surface area contributed by atoms with Gasteiger partial charge in [0.05, 0.1) is 11.3 Å². The summed E-state index contributed by atoms with van der Waals surface area (Å²) in [4.78, 5) is 4.98. The molecule has 0 aromatic heterocycles. The molecule has 0 radical (unpaired) electrons. The zero-order valence-corrected chi connectivity index (χ0v) is 19.1. The summed E-state index contributed by atoms with van der Waals surface area (Å²) in [6.45, 7) is 4.02. The first-order valence-corrected chi connectivity index (χ1v) is 13.6. The Morgan fingerprint density at radius 2 is 1.26 bits per heavy atom. The van der Waals surface area contributed by atoms with Crippen molar-refractivity contribution in [2.75, 3.05) is 26.2 Å². The number of benzene rings is 2. The summed E-state index contributed by atoms with van der Waals surface area (Å²) >= 11 is 0. The zero-order valence-electron chi connectivity index (χ0n) is 18.3. The summed E-state index contributed by atoms with van der Waals surface area (Å²) in [7, 11) is -3.29. The Morgan fingerprint density at radius 3 is 1.87 bits per heavy atom. The Labute approximate surface area is 187 Å². The van der Waals surface area contributed by atoms with Gasteiger partial charge >= 0.3 is 0 Å². The van der Waals surface area contributed by atoms with Crippen LogP contribution in [0.5, 0.6) is 0 Å². The van der Waals surface area contributed by atoms with Gasteiger partial charge in [-0.2, -0.15) is 0 Å². The van der Waals surface area contributed by atoms with Gasteiger partial charge in [0.1, 0.15) is 5.25 Å². The van der Waals surface area contributed by atoms with Crippen LogP contribution in [0, 0.1) is 0 Å². The van der Waals surface area contributed by atoms with Gasteiger partial charge in [0.25, 0.3) is 0 Å². The number of hydrogen-bond donors (Lipinski definition) is 0. The van der Waals surface area contributed by atoms with Crippen molar-refractivity contribution in [1.29, 1.82) is 0 Å². The minimum atomic E-state index is -3.29. The fourth-order valence-electron chi connectivity index (χ4n) is 6.11. The van der Waals surface area contributed by atoms with E-state index in [0.717, 1.165) is 50.1 Å². The fourth-order valence-corrected chi connectivity index (χ4v) is 8.85. The van der Waals surface area contributed by atoms with Gasteiger partial charge in [0, 0.05) is 6.04 Å². The molecule has 3 aliphatic heterocycles. The molecule has 0 amide bonds. The molecule has 4 nitrogen and oxygen atoms in total. The van der Waals surface area contributed by atoms with Crippen LogP contribution >= 0.6 is 0 Å². The molecule has 3 saturated heterocycles. The predicted octanol–water partition coefficient (Wildman–Crippen LogP) is 4.61. The molecule has 4 atom stereocenters. The SMILES string of the molecule is O=S1(=O)[C@@H]([C@@H](c2ccccc2)N2CCCCC2)[C@H](N2CCCCC2)[C@H]1c1ccccc1.